The zero-order chi connectivity index (χ0) is 18.4. The van der Waals surface area contributed by atoms with Gasteiger partial charge in [0, 0.05) is 53.6 Å². The molecule has 142 valence electrons. The van der Waals surface area contributed by atoms with Crippen molar-refractivity contribution in [2.24, 2.45) is 10.8 Å². The van der Waals surface area contributed by atoms with Crippen LogP contribution in [0.25, 0.3) is 0 Å². The normalized spacial score (nSPS) is 32.7. The first kappa shape index (κ1) is 19.1. The summed E-state index contributed by atoms with van der Waals surface area (Å²) in [6.45, 7) is 9.72. The molecule has 0 aliphatic carbocycles. The highest BCUT2D eigenvalue weighted by atomic mass is 32.2. The molecule has 2 saturated heterocycles. The molecule has 0 aromatic rings. The SMILES string of the molecule is C=C1C(/C(N)=C/SCC)=C\N/N=C\C=C/1N1CCCC2(CCCCN2)C1. The number of hydrazone groups is 1. The molecule has 6 heteroatoms. The van der Waals surface area contributed by atoms with E-state index in [-0.39, 0.29) is 5.54 Å². The van der Waals surface area contributed by atoms with E-state index in [2.05, 4.69) is 40.3 Å². The van der Waals surface area contributed by atoms with Crippen LogP contribution in [0.15, 0.2) is 51.9 Å². The van der Waals surface area contributed by atoms with Crippen LogP contribution in [0.4, 0.5) is 0 Å². The van der Waals surface area contributed by atoms with Gasteiger partial charge in [-0.3, -0.25) is 5.43 Å². The third-order valence-electron chi connectivity index (χ3n) is 5.41. The predicted molar refractivity (Wildman–Crippen MR) is 113 cm³/mol. The van der Waals surface area contributed by atoms with Crippen LogP contribution in [0.3, 0.4) is 0 Å². The van der Waals surface area contributed by atoms with Crippen LogP contribution < -0.4 is 16.5 Å². The maximum atomic E-state index is 6.33. The zero-order valence-corrected chi connectivity index (χ0v) is 16.6. The summed E-state index contributed by atoms with van der Waals surface area (Å²) in [5.74, 6) is 0.995. The minimum Gasteiger partial charge on any atom is -0.398 e. The maximum Gasteiger partial charge on any atom is 0.0492 e. The molecule has 0 aromatic heterocycles. The molecule has 3 rings (SSSR count). The van der Waals surface area contributed by atoms with Crippen molar-refractivity contribution in [3.8, 4) is 0 Å². The Balaban J connectivity index is 1.83. The summed E-state index contributed by atoms with van der Waals surface area (Å²) >= 11 is 1.70. The lowest BCUT2D eigenvalue weighted by Crippen LogP contribution is -2.58. The fourth-order valence-corrected chi connectivity index (χ4v) is 4.56. The molecule has 3 aliphatic rings. The number of piperidine rings is 2. The smallest absolute Gasteiger partial charge is 0.0492 e. The van der Waals surface area contributed by atoms with Gasteiger partial charge in [0.2, 0.25) is 0 Å². The van der Waals surface area contributed by atoms with Gasteiger partial charge < -0.3 is 16.0 Å². The Hall–Kier alpha value is -1.66. The maximum absolute atomic E-state index is 6.33. The van der Waals surface area contributed by atoms with Crippen molar-refractivity contribution in [2.75, 3.05) is 25.4 Å². The van der Waals surface area contributed by atoms with Crippen LogP contribution in [-0.4, -0.2) is 42.0 Å². The molecule has 26 heavy (non-hydrogen) atoms. The van der Waals surface area contributed by atoms with Gasteiger partial charge in [-0.25, -0.2) is 0 Å². The average Bonchev–Trinajstić information content (AvgIpc) is 2.64. The van der Waals surface area contributed by atoms with E-state index in [9.17, 15) is 0 Å². The number of nitrogens with two attached hydrogens (primary N) is 1. The van der Waals surface area contributed by atoms with Gasteiger partial charge in [0.05, 0.1) is 0 Å². The van der Waals surface area contributed by atoms with Crippen LogP contribution >= 0.6 is 11.8 Å². The first-order valence-corrected chi connectivity index (χ1v) is 10.7. The Morgan fingerprint density at radius 2 is 2.27 bits per heavy atom. The van der Waals surface area contributed by atoms with Crippen LogP contribution in [-0.2, 0) is 0 Å². The second kappa shape index (κ2) is 8.82. The van der Waals surface area contributed by atoms with Gasteiger partial charge in [0.15, 0.2) is 0 Å². The number of likely N-dealkylation sites (tertiary alicyclic amines) is 1. The van der Waals surface area contributed by atoms with E-state index >= 15 is 0 Å². The van der Waals surface area contributed by atoms with Crippen LogP contribution in [0, 0.1) is 0 Å². The highest BCUT2D eigenvalue weighted by Gasteiger charge is 2.37. The van der Waals surface area contributed by atoms with Gasteiger partial charge in [-0.2, -0.15) is 5.10 Å². The first-order chi connectivity index (χ1) is 12.7. The third kappa shape index (κ3) is 4.35. The molecule has 2 fully saturated rings. The Morgan fingerprint density at radius 1 is 1.42 bits per heavy atom. The van der Waals surface area contributed by atoms with E-state index in [1.54, 1.807) is 11.8 Å². The van der Waals surface area contributed by atoms with Crippen molar-refractivity contribution in [3.05, 3.63) is 46.8 Å². The van der Waals surface area contributed by atoms with E-state index in [0.717, 1.165) is 47.9 Å². The monoisotopic (exact) mass is 373 g/mol. The lowest BCUT2D eigenvalue weighted by molar-refractivity contribution is 0.124. The largest absolute Gasteiger partial charge is 0.398 e. The van der Waals surface area contributed by atoms with E-state index in [0.29, 0.717) is 0 Å². The molecular formula is C20H31N5S. The van der Waals surface area contributed by atoms with Gasteiger partial charge in [0.25, 0.3) is 0 Å². The Morgan fingerprint density at radius 3 is 3.04 bits per heavy atom. The lowest BCUT2D eigenvalue weighted by atomic mass is 9.81. The molecular weight excluding hydrogens is 342 g/mol. The van der Waals surface area contributed by atoms with E-state index < -0.39 is 0 Å². The van der Waals surface area contributed by atoms with Crippen LogP contribution in [0.1, 0.15) is 39.0 Å². The third-order valence-corrected chi connectivity index (χ3v) is 6.17. The lowest BCUT2D eigenvalue weighted by Gasteiger charge is -2.47. The number of hydrogen-bond donors (Lipinski definition) is 3. The standard InChI is InChI=1S/C20H31N5S/c1-3-26-14-18(21)17-13-24-23-11-7-19(16(17)2)25-12-6-9-20(15-25)8-4-5-10-22-20/h7,11,13-14,22,24H,2-6,8-10,12,15,21H2,1H3/b17-13+,18-14-,19-7+,23-11-. The highest BCUT2D eigenvalue weighted by Crippen LogP contribution is 2.34. The number of nitrogens with one attached hydrogen (secondary N) is 2. The first-order valence-electron chi connectivity index (χ1n) is 9.61. The van der Waals surface area contributed by atoms with Crippen molar-refractivity contribution >= 4 is 18.0 Å². The van der Waals surface area contributed by atoms with Gasteiger partial charge in [-0.15, -0.1) is 11.8 Å². The van der Waals surface area contributed by atoms with Crippen LogP contribution in [0.2, 0.25) is 0 Å². The molecule has 4 N–H and O–H groups in total. The van der Waals surface area contributed by atoms with Crippen molar-refractivity contribution < 1.29 is 0 Å². The van der Waals surface area contributed by atoms with E-state index in [4.69, 9.17) is 5.73 Å². The summed E-state index contributed by atoms with van der Waals surface area (Å²) in [6.07, 6.45) is 12.1. The number of hydrogen-bond acceptors (Lipinski definition) is 6. The predicted octanol–water partition coefficient (Wildman–Crippen LogP) is 3.06. The van der Waals surface area contributed by atoms with Gasteiger partial charge in [-0.05, 0) is 49.5 Å². The number of thioether (sulfide) groups is 1. The molecule has 0 bridgehead atoms. The average molecular weight is 374 g/mol. The summed E-state index contributed by atoms with van der Waals surface area (Å²) in [4.78, 5) is 2.47. The second-order valence-corrected chi connectivity index (χ2v) is 8.36. The molecule has 1 atom stereocenters. The zero-order valence-electron chi connectivity index (χ0n) is 15.8. The quantitative estimate of drug-likeness (QED) is 0.707. The minimum atomic E-state index is 0.249. The summed E-state index contributed by atoms with van der Waals surface area (Å²) in [7, 11) is 0. The summed E-state index contributed by atoms with van der Waals surface area (Å²) in [5.41, 5.74) is 13.3. The Labute approximate surface area is 161 Å². The van der Waals surface area contributed by atoms with Crippen molar-refractivity contribution in [2.45, 2.75) is 44.6 Å². The summed E-state index contributed by atoms with van der Waals surface area (Å²) in [6, 6.07) is 0. The molecule has 3 aliphatic heterocycles. The van der Waals surface area contributed by atoms with Crippen molar-refractivity contribution in [1.29, 1.82) is 0 Å². The molecule has 3 heterocycles. The number of nitrogens with zero attached hydrogens (tertiary/aromatic N) is 2. The van der Waals surface area contributed by atoms with Gasteiger partial charge in [0.1, 0.15) is 0 Å². The molecule has 1 unspecified atom stereocenters. The minimum absolute atomic E-state index is 0.249. The van der Waals surface area contributed by atoms with Crippen molar-refractivity contribution in [1.82, 2.24) is 15.6 Å². The molecule has 0 aromatic carbocycles. The molecule has 5 nitrogen and oxygen atoms in total. The van der Waals surface area contributed by atoms with Crippen molar-refractivity contribution in [3.63, 3.8) is 0 Å². The molecule has 1 spiro atoms. The fourth-order valence-electron chi connectivity index (χ4n) is 4.08. The van der Waals surface area contributed by atoms with Crippen LogP contribution in [0.5, 0.6) is 0 Å². The molecule has 0 amide bonds. The highest BCUT2D eigenvalue weighted by molar-refractivity contribution is 8.02. The molecule has 0 radical (unpaired) electrons. The number of rotatable bonds is 4. The fraction of sp³-hybridized carbons (Fsp3) is 0.550. The van der Waals surface area contributed by atoms with Gasteiger partial charge in [-0.1, -0.05) is 19.9 Å². The number of allylic oxidation sites excluding steroid dienone is 3. The van der Waals surface area contributed by atoms with E-state index in [1.165, 1.54) is 32.1 Å². The topological polar surface area (TPSA) is 65.7 Å². The summed E-state index contributed by atoms with van der Waals surface area (Å²) in [5, 5.41) is 10.0. The van der Waals surface area contributed by atoms with Gasteiger partial charge >= 0.3 is 0 Å². The van der Waals surface area contributed by atoms with E-state index in [1.807, 2.05) is 17.8 Å². The summed E-state index contributed by atoms with van der Waals surface area (Å²) < 4.78 is 0. The molecule has 0 saturated carbocycles. The Bertz CT molecular complexity index is 635. The second-order valence-electron chi connectivity index (χ2n) is 7.21. The Kier molecular flexibility index (Phi) is 6.48.